The highest BCUT2D eigenvalue weighted by Gasteiger charge is 2.25. The minimum atomic E-state index is -3.23. The molecule has 0 unspecified atom stereocenters. The summed E-state index contributed by atoms with van der Waals surface area (Å²) in [5.41, 5.74) is 0.0690. The highest BCUT2D eigenvalue weighted by molar-refractivity contribution is 7.88. The summed E-state index contributed by atoms with van der Waals surface area (Å²) in [5, 5.41) is 0. The van der Waals surface area contributed by atoms with E-state index in [1.165, 1.54) is 18.2 Å². The van der Waals surface area contributed by atoms with Gasteiger partial charge in [0, 0.05) is 19.1 Å². The first-order chi connectivity index (χ1) is 9.35. The Morgan fingerprint density at radius 1 is 1.40 bits per heavy atom. The van der Waals surface area contributed by atoms with Crippen molar-refractivity contribution >= 4 is 15.9 Å². The van der Waals surface area contributed by atoms with Crippen molar-refractivity contribution in [1.82, 2.24) is 14.6 Å². The van der Waals surface area contributed by atoms with E-state index in [-0.39, 0.29) is 17.6 Å². The molecule has 20 heavy (non-hydrogen) atoms. The number of carbonyl (C=O) groups excluding carboxylic acids is 1. The molecule has 1 amide bonds. The highest BCUT2D eigenvalue weighted by Crippen LogP contribution is 2.14. The number of carbonyl (C=O) groups is 1. The molecule has 0 aromatic carbocycles. The zero-order valence-corrected chi connectivity index (χ0v) is 11.9. The number of amides is 1. The molecule has 6 nitrogen and oxygen atoms in total. The van der Waals surface area contributed by atoms with Crippen LogP contribution < -0.4 is 4.72 Å². The molecule has 1 N–H and O–H groups in total. The lowest BCUT2D eigenvalue weighted by molar-refractivity contribution is 0.0704. The van der Waals surface area contributed by atoms with E-state index >= 15 is 0 Å². The quantitative estimate of drug-likeness (QED) is 0.818. The van der Waals surface area contributed by atoms with Gasteiger partial charge in [0.25, 0.3) is 5.91 Å². The third kappa shape index (κ3) is 3.97. The predicted molar refractivity (Wildman–Crippen MR) is 71.1 cm³/mol. The second-order valence-corrected chi connectivity index (χ2v) is 6.58. The van der Waals surface area contributed by atoms with Gasteiger partial charge in [-0.2, -0.15) is 4.39 Å². The van der Waals surface area contributed by atoms with Gasteiger partial charge in [-0.15, -0.1) is 0 Å². The molecular formula is C12H16FN3O3S. The molecule has 1 aliphatic rings. The molecule has 1 saturated heterocycles. The van der Waals surface area contributed by atoms with Crippen molar-refractivity contribution < 1.29 is 17.6 Å². The van der Waals surface area contributed by atoms with Gasteiger partial charge in [0.1, 0.15) is 5.69 Å². The minimum absolute atomic E-state index is 0.0690. The first kappa shape index (κ1) is 14.9. The normalized spacial score (nSPS) is 17.2. The summed E-state index contributed by atoms with van der Waals surface area (Å²) >= 11 is 0. The van der Waals surface area contributed by atoms with E-state index < -0.39 is 16.0 Å². The fourth-order valence-corrected chi connectivity index (χ4v) is 3.03. The van der Waals surface area contributed by atoms with Gasteiger partial charge in [-0.25, -0.2) is 18.1 Å². The summed E-state index contributed by atoms with van der Waals surface area (Å²) in [7, 11) is -3.23. The highest BCUT2D eigenvalue weighted by atomic mass is 32.2. The van der Waals surface area contributed by atoms with Crippen LogP contribution in [0, 0.1) is 5.95 Å². The fraction of sp³-hybridized carbons (Fsp3) is 0.500. The van der Waals surface area contributed by atoms with E-state index in [4.69, 9.17) is 0 Å². The second kappa shape index (κ2) is 5.84. The topological polar surface area (TPSA) is 79.4 Å². The van der Waals surface area contributed by atoms with E-state index in [0.717, 1.165) is 6.26 Å². The fourth-order valence-electron chi connectivity index (χ4n) is 2.19. The molecule has 2 heterocycles. The van der Waals surface area contributed by atoms with Crippen LogP contribution in [0.15, 0.2) is 18.2 Å². The Balaban J connectivity index is 1.95. The Hall–Kier alpha value is -1.54. The predicted octanol–water partition coefficient (Wildman–Crippen LogP) is 0.374. The number of nitrogens with zero attached hydrogens (tertiary/aromatic N) is 2. The number of rotatable bonds is 3. The Bertz CT molecular complexity index is 598. The van der Waals surface area contributed by atoms with Crippen molar-refractivity contribution in [2.75, 3.05) is 19.3 Å². The molecule has 1 aliphatic heterocycles. The number of pyridine rings is 1. The van der Waals surface area contributed by atoms with Crippen molar-refractivity contribution in [3.63, 3.8) is 0 Å². The molecule has 8 heteroatoms. The van der Waals surface area contributed by atoms with Crippen LogP contribution >= 0.6 is 0 Å². The van der Waals surface area contributed by atoms with Gasteiger partial charge >= 0.3 is 0 Å². The molecule has 0 aliphatic carbocycles. The molecular weight excluding hydrogens is 285 g/mol. The van der Waals surface area contributed by atoms with Gasteiger partial charge in [-0.3, -0.25) is 4.79 Å². The van der Waals surface area contributed by atoms with Gasteiger partial charge in [0.2, 0.25) is 16.0 Å². The van der Waals surface area contributed by atoms with Crippen LogP contribution in [-0.4, -0.2) is 49.6 Å². The number of halogens is 1. The Morgan fingerprint density at radius 2 is 2.05 bits per heavy atom. The van der Waals surface area contributed by atoms with E-state index in [1.54, 1.807) is 4.90 Å². The number of aromatic nitrogens is 1. The van der Waals surface area contributed by atoms with Crippen LogP contribution in [0.3, 0.4) is 0 Å². The number of nitrogens with one attached hydrogen (secondary N) is 1. The van der Waals surface area contributed by atoms with E-state index in [1.807, 2.05) is 0 Å². The van der Waals surface area contributed by atoms with Gasteiger partial charge < -0.3 is 4.90 Å². The van der Waals surface area contributed by atoms with Gasteiger partial charge in [-0.1, -0.05) is 6.07 Å². The second-order valence-electron chi connectivity index (χ2n) is 4.80. The van der Waals surface area contributed by atoms with Crippen LogP contribution in [-0.2, 0) is 10.0 Å². The van der Waals surface area contributed by atoms with Crippen molar-refractivity contribution in [3.8, 4) is 0 Å². The molecule has 0 radical (unpaired) electrons. The van der Waals surface area contributed by atoms with Crippen LogP contribution in [0.4, 0.5) is 4.39 Å². The molecule has 2 rings (SSSR count). The third-order valence-electron chi connectivity index (χ3n) is 3.10. The first-order valence-corrected chi connectivity index (χ1v) is 8.13. The summed E-state index contributed by atoms with van der Waals surface area (Å²) in [5.74, 6) is -1.02. The standard InChI is InChI=1S/C12H16FN3O3S/c1-20(18,19)15-9-5-7-16(8-6-9)12(17)10-3-2-4-11(13)14-10/h2-4,9,15H,5-8H2,1H3. The molecule has 1 aromatic rings. The smallest absolute Gasteiger partial charge is 0.272 e. The van der Waals surface area contributed by atoms with E-state index in [9.17, 15) is 17.6 Å². The van der Waals surface area contributed by atoms with Crippen LogP contribution in [0.25, 0.3) is 0 Å². The molecule has 1 aromatic heterocycles. The number of hydrogen-bond acceptors (Lipinski definition) is 4. The summed E-state index contributed by atoms with van der Waals surface area (Å²) in [6.07, 6.45) is 2.18. The molecule has 0 atom stereocenters. The summed E-state index contributed by atoms with van der Waals surface area (Å²) in [4.78, 5) is 17.2. The Labute approximate surface area is 117 Å². The zero-order chi connectivity index (χ0) is 14.8. The van der Waals surface area contributed by atoms with Gasteiger partial charge in [0.15, 0.2) is 0 Å². The molecule has 0 saturated carbocycles. The molecule has 0 spiro atoms. The van der Waals surface area contributed by atoms with Crippen LogP contribution in [0.2, 0.25) is 0 Å². The van der Waals surface area contributed by atoms with E-state index in [2.05, 4.69) is 9.71 Å². The third-order valence-corrected chi connectivity index (χ3v) is 3.86. The summed E-state index contributed by atoms with van der Waals surface area (Å²) < 4.78 is 37.8. The first-order valence-electron chi connectivity index (χ1n) is 6.24. The number of sulfonamides is 1. The maximum atomic E-state index is 13.0. The zero-order valence-electron chi connectivity index (χ0n) is 11.0. The number of likely N-dealkylation sites (tertiary alicyclic amines) is 1. The average Bonchev–Trinajstić information content (AvgIpc) is 2.37. The lowest BCUT2D eigenvalue weighted by Gasteiger charge is -2.31. The van der Waals surface area contributed by atoms with Crippen molar-refractivity contribution in [3.05, 3.63) is 29.8 Å². The lowest BCUT2D eigenvalue weighted by atomic mass is 10.1. The van der Waals surface area contributed by atoms with E-state index in [0.29, 0.717) is 25.9 Å². The Morgan fingerprint density at radius 3 is 2.60 bits per heavy atom. The van der Waals surface area contributed by atoms with Crippen molar-refractivity contribution in [1.29, 1.82) is 0 Å². The minimum Gasteiger partial charge on any atom is -0.337 e. The largest absolute Gasteiger partial charge is 0.337 e. The molecule has 0 bridgehead atoms. The lowest BCUT2D eigenvalue weighted by Crippen LogP contribution is -2.46. The maximum Gasteiger partial charge on any atom is 0.272 e. The van der Waals surface area contributed by atoms with Crippen LogP contribution in [0.5, 0.6) is 0 Å². The SMILES string of the molecule is CS(=O)(=O)NC1CCN(C(=O)c2cccc(F)n2)CC1. The molecule has 110 valence electrons. The summed E-state index contributed by atoms with van der Waals surface area (Å²) in [6, 6.07) is 3.92. The Kier molecular flexibility index (Phi) is 4.34. The maximum absolute atomic E-state index is 13.0. The monoisotopic (exact) mass is 301 g/mol. The van der Waals surface area contributed by atoms with Gasteiger partial charge in [0.05, 0.1) is 6.26 Å². The van der Waals surface area contributed by atoms with Crippen molar-refractivity contribution in [2.45, 2.75) is 18.9 Å². The average molecular weight is 301 g/mol. The number of piperidine rings is 1. The van der Waals surface area contributed by atoms with Crippen molar-refractivity contribution in [2.24, 2.45) is 0 Å². The number of hydrogen-bond donors (Lipinski definition) is 1. The molecule has 1 fully saturated rings. The van der Waals surface area contributed by atoms with Gasteiger partial charge in [-0.05, 0) is 25.0 Å². The van der Waals surface area contributed by atoms with Crippen LogP contribution in [0.1, 0.15) is 23.3 Å². The summed E-state index contributed by atoms with van der Waals surface area (Å²) in [6.45, 7) is 0.842.